The molecule has 3 rings (SSSR count). The number of benzene rings is 2. The number of hydrogen-bond acceptors (Lipinski definition) is 6. The zero-order chi connectivity index (χ0) is 21.8. The minimum Gasteiger partial charge on any atom is -0.493 e. The Kier molecular flexibility index (Phi) is 6.27. The van der Waals surface area contributed by atoms with Crippen molar-refractivity contribution >= 4 is 41.1 Å². The summed E-state index contributed by atoms with van der Waals surface area (Å²) in [5.41, 5.74) is 3.45. The first-order chi connectivity index (χ1) is 14.3. The normalized spacial score (nSPS) is 15.7. The highest BCUT2D eigenvalue weighted by molar-refractivity contribution is 6.33. The van der Waals surface area contributed by atoms with Crippen LogP contribution in [-0.2, 0) is 19.1 Å². The Morgan fingerprint density at radius 2 is 1.87 bits per heavy atom. The van der Waals surface area contributed by atoms with Gasteiger partial charge in [-0.15, -0.1) is 0 Å². The Hall–Kier alpha value is -3.52. The van der Waals surface area contributed by atoms with Crippen molar-refractivity contribution < 1.29 is 28.6 Å². The van der Waals surface area contributed by atoms with Crippen molar-refractivity contribution in [1.29, 1.82) is 0 Å². The van der Waals surface area contributed by atoms with E-state index in [0.29, 0.717) is 11.3 Å². The SMILES string of the molecule is COC(=O)[C@@H](C)Oc1c(Cl)cc(/C=C2/C(=O)NN(c3ccccc3)C2=O)cc1OC. The standard InChI is InChI=1S/C21H19ClN2O6/c1-12(21(27)29-3)30-18-16(22)10-13(11-17(18)28-2)9-15-19(25)23-24(20(15)26)14-7-5-4-6-8-14/h4-12H,1-3H3,(H,23,25)/b15-9-/t12-/m1/s1. The Morgan fingerprint density at radius 1 is 1.17 bits per heavy atom. The number of hydrogen-bond donors (Lipinski definition) is 1. The van der Waals surface area contributed by atoms with Gasteiger partial charge in [-0.2, -0.15) is 0 Å². The zero-order valence-electron chi connectivity index (χ0n) is 16.5. The summed E-state index contributed by atoms with van der Waals surface area (Å²) in [6.07, 6.45) is 0.495. The van der Waals surface area contributed by atoms with Crippen molar-refractivity contribution in [3.63, 3.8) is 0 Å². The van der Waals surface area contributed by atoms with Crippen molar-refractivity contribution in [1.82, 2.24) is 5.43 Å². The number of nitrogens with zero attached hydrogens (tertiary/aromatic N) is 1. The molecule has 1 fully saturated rings. The fraction of sp³-hybridized carbons (Fsp3) is 0.190. The number of rotatable bonds is 6. The van der Waals surface area contributed by atoms with Gasteiger partial charge in [0.05, 0.1) is 24.9 Å². The molecule has 1 atom stereocenters. The lowest BCUT2D eigenvalue weighted by molar-refractivity contribution is -0.148. The second-order valence-corrected chi connectivity index (χ2v) is 6.70. The predicted octanol–water partition coefficient (Wildman–Crippen LogP) is 2.75. The lowest BCUT2D eigenvalue weighted by Crippen LogP contribution is -2.35. The number of hydrazine groups is 1. The summed E-state index contributed by atoms with van der Waals surface area (Å²) >= 11 is 6.31. The fourth-order valence-corrected chi connectivity index (χ4v) is 3.07. The van der Waals surface area contributed by atoms with Crippen molar-refractivity contribution in [2.24, 2.45) is 0 Å². The van der Waals surface area contributed by atoms with E-state index in [0.717, 1.165) is 0 Å². The first-order valence-electron chi connectivity index (χ1n) is 8.90. The molecule has 0 saturated carbocycles. The summed E-state index contributed by atoms with van der Waals surface area (Å²) in [6, 6.07) is 11.8. The lowest BCUT2D eigenvalue weighted by atomic mass is 10.1. The number of amides is 2. The lowest BCUT2D eigenvalue weighted by Gasteiger charge is -2.17. The Morgan fingerprint density at radius 3 is 2.50 bits per heavy atom. The molecule has 1 saturated heterocycles. The Balaban J connectivity index is 1.92. The molecule has 156 valence electrons. The van der Waals surface area contributed by atoms with E-state index in [1.807, 2.05) is 6.07 Å². The highest BCUT2D eigenvalue weighted by Gasteiger charge is 2.34. The van der Waals surface area contributed by atoms with Gasteiger partial charge in [0.2, 0.25) is 0 Å². The van der Waals surface area contributed by atoms with Crippen LogP contribution in [-0.4, -0.2) is 38.1 Å². The fourth-order valence-electron chi connectivity index (χ4n) is 2.81. The monoisotopic (exact) mass is 430 g/mol. The third-order valence-corrected chi connectivity index (χ3v) is 4.58. The molecular weight excluding hydrogens is 412 g/mol. The molecular formula is C21H19ClN2O6. The number of para-hydroxylation sites is 1. The van der Waals surface area contributed by atoms with Crippen molar-refractivity contribution in [3.05, 3.63) is 58.6 Å². The molecule has 1 aliphatic rings. The van der Waals surface area contributed by atoms with Crippen LogP contribution in [0.5, 0.6) is 11.5 Å². The van der Waals surface area contributed by atoms with Gasteiger partial charge in [-0.25, -0.2) is 9.80 Å². The highest BCUT2D eigenvalue weighted by atomic mass is 35.5. The first-order valence-corrected chi connectivity index (χ1v) is 9.27. The average molecular weight is 431 g/mol. The molecule has 0 unspecified atom stereocenters. The minimum atomic E-state index is -0.910. The molecule has 8 nitrogen and oxygen atoms in total. The molecule has 2 aromatic carbocycles. The summed E-state index contributed by atoms with van der Waals surface area (Å²) in [6.45, 7) is 1.51. The molecule has 0 spiro atoms. The molecule has 1 aliphatic heterocycles. The molecule has 1 N–H and O–H groups in total. The highest BCUT2D eigenvalue weighted by Crippen LogP contribution is 2.38. The van der Waals surface area contributed by atoms with Gasteiger partial charge in [0.1, 0.15) is 5.57 Å². The van der Waals surface area contributed by atoms with Crippen LogP contribution in [0, 0.1) is 0 Å². The molecule has 0 aromatic heterocycles. The van der Waals surface area contributed by atoms with E-state index >= 15 is 0 Å². The van der Waals surface area contributed by atoms with Crippen LogP contribution in [0.1, 0.15) is 12.5 Å². The second-order valence-electron chi connectivity index (χ2n) is 6.29. The molecule has 1 heterocycles. The van der Waals surface area contributed by atoms with Gasteiger partial charge in [0.25, 0.3) is 11.8 Å². The summed E-state index contributed by atoms with van der Waals surface area (Å²) in [7, 11) is 2.65. The quantitative estimate of drug-likeness (QED) is 0.430. The third kappa shape index (κ3) is 4.23. The van der Waals surface area contributed by atoms with E-state index in [2.05, 4.69) is 10.2 Å². The van der Waals surface area contributed by atoms with E-state index in [1.165, 1.54) is 38.3 Å². The molecule has 0 radical (unpaired) electrons. The van der Waals surface area contributed by atoms with Gasteiger partial charge >= 0.3 is 5.97 Å². The van der Waals surface area contributed by atoms with Gasteiger partial charge in [-0.3, -0.25) is 15.0 Å². The Labute approximate surface area is 177 Å². The number of methoxy groups -OCH3 is 2. The molecule has 9 heteroatoms. The topological polar surface area (TPSA) is 94.2 Å². The van der Waals surface area contributed by atoms with Crippen LogP contribution in [0.3, 0.4) is 0 Å². The first kappa shape index (κ1) is 21.2. The number of carbonyl (C=O) groups excluding carboxylic acids is 3. The van der Waals surface area contributed by atoms with Crippen molar-refractivity contribution in [2.45, 2.75) is 13.0 Å². The molecule has 0 aliphatic carbocycles. The third-order valence-electron chi connectivity index (χ3n) is 4.30. The smallest absolute Gasteiger partial charge is 0.346 e. The maximum absolute atomic E-state index is 12.7. The number of halogens is 1. The number of anilines is 1. The minimum absolute atomic E-state index is 0.0615. The Bertz CT molecular complexity index is 1020. The van der Waals surface area contributed by atoms with Crippen LogP contribution in [0.4, 0.5) is 5.69 Å². The van der Waals surface area contributed by atoms with Gasteiger partial charge in [-0.1, -0.05) is 29.8 Å². The van der Waals surface area contributed by atoms with Gasteiger partial charge in [0, 0.05) is 0 Å². The second kappa shape index (κ2) is 8.87. The summed E-state index contributed by atoms with van der Waals surface area (Å²) in [5, 5.41) is 1.31. The maximum Gasteiger partial charge on any atom is 0.346 e. The predicted molar refractivity (Wildman–Crippen MR) is 110 cm³/mol. The van der Waals surface area contributed by atoms with Crippen molar-refractivity contribution in [2.75, 3.05) is 19.2 Å². The molecule has 2 aromatic rings. The van der Waals surface area contributed by atoms with Crippen molar-refractivity contribution in [3.8, 4) is 11.5 Å². The van der Waals surface area contributed by atoms with E-state index in [9.17, 15) is 14.4 Å². The summed E-state index contributed by atoms with van der Waals surface area (Å²) in [5.74, 6) is -1.24. The van der Waals surface area contributed by atoms with E-state index in [1.54, 1.807) is 30.3 Å². The van der Waals surface area contributed by atoms with Gasteiger partial charge < -0.3 is 14.2 Å². The molecule has 0 bridgehead atoms. The van der Waals surface area contributed by atoms with Crippen LogP contribution < -0.4 is 19.9 Å². The largest absolute Gasteiger partial charge is 0.493 e. The zero-order valence-corrected chi connectivity index (χ0v) is 17.2. The van der Waals surface area contributed by atoms with E-state index < -0.39 is 23.9 Å². The summed E-state index contributed by atoms with van der Waals surface area (Å²) in [4.78, 5) is 36.7. The van der Waals surface area contributed by atoms with Gasteiger partial charge in [-0.05, 0) is 42.8 Å². The molecule has 2 amide bonds. The summed E-state index contributed by atoms with van der Waals surface area (Å²) < 4.78 is 15.5. The van der Waals surface area contributed by atoms with Crippen LogP contribution in [0.2, 0.25) is 5.02 Å². The molecule has 30 heavy (non-hydrogen) atoms. The van der Waals surface area contributed by atoms with E-state index in [-0.39, 0.29) is 22.1 Å². The number of esters is 1. The van der Waals surface area contributed by atoms with Crippen LogP contribution in [0.15, 0.2) is 48.0 Å². The average Bonchev–Trinajstić information content (AvgIpc) is 3.03. The van der Waals surface area contributed by atoms with Crippen LogP contribution in [0.25, 0.3) is 6.08 Å². The van der Waals surface area contributed by atoms with Crippen LogP contribution >= 0.6 is 11.6 Å². The number of ether oxygens (including phenoxy) is 3. The maximum atomic E-state index is 12.7. The number of nitrogens with one attached hydrogen (secondary N) is 1. The van der Waals surface area contributed by atoms with E-state index in [4.69, 9.17) is 21.1 Å². The number of carbonyl (C=O) groups is 3. The van der Waals surface area contributed by atoms with Gasteiger partial charge in [0.15, 0.2) is 17.6 Å².